The Morgan fingerprint density at radius 2 is 2.32 bits per heavy atom. The molecule has 5 heteroatoms. The smallest absolute Gasteiger partial charge is 0.219 e. The Morgan fingerprint density at radius 1 is 1.45 bits per heavy atom. The molecule has 1 saturated carbocycles. The second kappa shape index (κ2) is 6.38. The third kappa shape index (κ3) is 3.08. The number of carbonyl (C=O) groups excluding carboxylic acids is 1. The van der Waals surface area contributed by atoms with Gasteiger partial charge in [-0.3, -0.25) is 9.89 Å². The Kier molecular flexibility index (Phi) is 4.32. The van der Waals surface area contributed by atoms with Gasteiger partial charge in [0.15, 0.2) is 0 Å². The summed E-state index contributed by atoms with van der Waals surface area (Å²) in [6.45, 7) is 4.47. The lowest BCUT2D eigenvalue weighted by molar-refractivity contribution is -0.132. The molecule has 2 aromatic rings. The number of nitrogens with one attached hydrogen (secondary N) is 1. The van der Waals surface area contributed by atoms with E-state index in [1.165, 1.54) is 0 Å². The van der Waals surface area contributed by atoms with Crippen LogP contribution in [0.15, 0.2) is 24.4 Å². The molecule has 1 aromatic carbocycles. The number of rotatable bonds is 4. The number of carbonyl (C=O) groups is 1. The van der Waals surface area contributed by atoms with Crippen LogP contribution in [0.3, 0.4) is 0 Å². The van der Waals surface area contributed by atoms with Gasteiger partial charge in [0.1, 0.15) is 11.9 Å². The Labute approximate surface area is 130 Å². The zero-order valence-corrected chi connectivity index (χ0v) is 13.2. The predicted octanol–water partition coefficient (Wildman–Crippen LogP) is 3.12. The third-order valence-corrected chi connectivity index (χ3v) is 4.50. The minimum atomic E-state index is 0.160. The molecule has 5 nitrogen and oxygen atoms in total. The van der Waals surface area contributed by atoms with E-state index in [1.54, 1.807) is 13.1 Å². The molecule has 0 radical (unpaired) electrons. The van der Waals surface area contributed by atoms with E-state index in [9.17, 15) is 4.79 Å². The maximum Gasteiger partial charge on any atom is 0.219 e. The summed E-state index contributed by atoms with van der Waals surface area (Å²) in [4.78, 5) is 13.7. The van der Waals surface area contributed by atoms with Crippen molar-refractivity contribution >= 4 is 16.8 Å². The number of ether oxygens (including phenoxy) is 1. The fourth-order valence-corrected chi connectivity index (χ4v) is 3.43. The molecule has 1 N–H and O–H groups in total. The highest BCUT2D eigenvalue weighted by atomic mass is 16.5. The average molecular weight is 301 g/mol. The van der Waals surface area contributed by atoms with Crippen molar-refractivity contribution in [2.24, 2.45) is 0 Å². The molecule has 1 aliphatic carbocycles. The Bertz CT molecular complexity index is 652. The first kappa shape index (κ1) is 14.9. The summed E-state index contributed by atoms with van der Waals surface area (Å²) < 4.78 is 6.16. The molecule has 1 aliphatic rings. The lowest BCUT2D eigenvalue weighted by Crippen LogP contribution is -2.43. The van der Waals surface area contributed by atoms with Gasteiger partial charge in [0.25, 0.3) is 0 Å². The van der Waals surface area contributed by atoms with Crippen LogP contribution in [0.25, 0.3) is 10.9 Å². The van der Waals surface area contributed by atoms with Gasteiger partial charge >= 0.3 is 0 Å². The highest BCUT2D eigenvalue weighted by molar-refractivity contribution is 5.79. The van der Waals surface area contributed by atoms with Crippen LogP contribution >= 0.6 is 0 Å². The molecule has 1 amide bonds. The Balaban J connectivity index is 1.68. The van der Waals surface area contributed by atoms with Crippen molar-refractivity contribution in [1.82, 2.24) is 15.1 Å². The molecule has 22 heavy (non-hydrogen) atoms. The normalized spacial score (nSPS) is 21.7. The summed E-state index contributed by atoms with van der Waals surface area (Å²) in [6, 6.07) is 6.29. The Hall–Kier alpha value is -2.04. The molecule has 0 spiro atoms. The number of aromatic amines is 1. The molecule has 3 rings (SSSR count). The standard InChI is InChI=1S/C17H23N3O2/c1-3-20(12(2)21)14-5-4-6-15(10-14)22-16-7-8-17-13(9-16)11-18-19-17/h7-9,11,14-15H,3-6,10H2,1-2H3,(H,18,19). The second-order valence-electron chi connectivity index (χ2n) is 5.98. The zero-order valence-electron chi connectivity index (χ0n) is 13.2. The molecule has 1 fully saturated rings. The largest absolute Gasteiger partial charge is 0.490 e. The van der Waals surface area contributed by atoms with Gasteiger partial charge in [-0.1, -0.05) is 0 Å². The van der Waals surface area contributed by atoms with Gasteiger partial charge < -0.3 is 9.64 Å². The van der Waals surface area contributed by atoms with Gasteiger partial charge in [0.05, 0.1) is 11.7 Å². The summed E-state index contributed by atoms with van der Waals surface area (Å²) >= 11 is 0. The van der Waals surface area contributed by atoms with E-state index in [4.69, 9.17) is 4.74 Å². The van der Waals surface area contributed by atoms with Gasteiger partial charge in [-0.15, -0.1) is 0 Å². The van der Waals surface area contributed by atoms with Crippen LogP contribution in [0.1, 0.15) is 39.5 Å². The fraction of sp³-hybridized carbons (Fsp3) is 0.529. The molecule has 1 heterocycles. The van der Waals surface area contributed by atoms with E-state index >= 15 is 0 Å². The third-order valence-electron chi connectivity index (χ3n) is 4.50. The number of fused-ring (bicyclic) bond motifs is 1. The molecule has 2 unspecified atom stereocenters. The van der Waals surface area contributed by atoms with Gasteiger partial charge in [0.2, 0.25) is 5.91 Å². The average Bonchev–Trinajstić information content (AvgIpc) is 2.95. The minimum absolute atomic E-state index is 0.160. The van der Waals surface area contributed by atoms with Crippen molar-refractivity contribution in [2.45, 2.75) is 51.7 Å². The second-order valence-corrected chi connectivity index (χ2v) is 5.98. The molecular formula is C17H23N3O2. The number of aromatic nitrogens is 2. The van der Waals surface area contributed by atoms with Crippen molar-refractivity contribution in [3.63, 3.8) is 0 Å². The lowest BCUT2D eigenvalue weighted by atomic mass is 9.91. The van der Waals surface area contributed by atoms with Gasteiger partial charge in [-0.2, -0.15) is 5.10 Å². The van der Waals surface area contributed by atoms with Crippen molar-refractivity contribution in [2.75, 3.05) is 6.54 Å². The Morgan fingerprint density at radius 3 is 3.09 bits per heavy atom. The first-order chi connectivity index (χ1) is 10.7. The SMILES string of the molecule is CCN(C(C)=O)C1CCCC(Oc2ccc3[nH]ncc3c2)C1. The predicted molar refractivity (Wildman–Crippen MR) is 85.8 cm³/mol. The van der Waals surface area contributed by atoms with Crippen LogP contribution in [0.5, 0.6) is 5.75 Å². The maximum absolute atomic E-state index is 11.7. The maximum atomic E-state index is 11.7. The van der Waals surface area contributed by atoms with E-state index in [0.29, 0.717) is 6.04 Å². The number of benzene rings is 1. The molecule has 0 saturated heterocycles. The number of hydrogen-bond donors (Lipinski definition) is 1. The van der Waals surface area contributed by atoms with Gasteiger partial charge in [0, 0.05) is 31.3 Å². The van der Waals surface area contributed by atoms with Crippen molar-refractivity contribution in [3.8, 4) is 5.75 Å². The summed E-state index contributed by atoms with van der Waals surface area (Å²) in [5, 5.41) is 8.03. The first-order valence-corrected chi connectivity index (χ1v) is 8.04. The highest BCUT2D eigenvalue weighted by Gasteiger charge is 2.28. The van der Waals surface area contributed by atoms with Crippen LogP contribution in [-0.4, -0.2) is 39.7 Å². The van der Waals surface area contributed by atoms with Crippen LogP contribution in [0.2, 0.25) is 0 Å². The molecule has 2 atom stereocenters. The summed E-state index contributed by atoms with van der Waals surface area (Å²) in [6.07, 6.45) is 6.13. The number of hydrogen-bond acceptors (Lipinski definition) is 3. The van der Waals surface area contributed by atoms with Crippen molar-refractivity contribution in [1.29, 1.82) is 0 Å². The van der Waals surface area contributed by atoms with Gasteiger partial charge in [-0.05, 0) is 44.4 Å². The summed E-state index contributed by atoms with van der Waals surface area (Å²) in [5.41, 5.74) is 1.02. The monoisotopic (exact) mass is 301 g/mol. The zero-order chi connectivity index (χ0) is 15.5. The summed E-state index contributed by atoms with van der Waals surface area (Å²) in [5.74, 6) is 1.04. The molecule has 118 valence electrons. The number of nitrogens with zero attached hydrogens (tertiary/aromatic N) is 2. The fourth-order valence-electron chi connectivity index (χ4n) is 3.43. The van der Waals surface area contributed by atoms with E-state index in [1.807, 2.05) is 30.0 Å². The quantitative estimate of drug-likeness (QED) is 0.944. The van der Waals surface area contributed by atoms with Gasteiger partial charge in [-0.25, -0.2) is 0 Å². The van der Waals surface area contributed by atoms with E-state index in [2.05, 4.69) is 10.2 Å². The molecule has 1 aromatic heterocycles. The van der Waals surface area contributed by atoms with E-state index in [0.717, 1.165) is 48.9 Å². The van der Waals surface area contributed by atoms with Crippen LogP contribution in [-0.2, 0) is 4.79 Å². The molecule has 0 aliphatic heterocycles. The number of H-pyrrole nitrogens is 1. The van der Waals surface area contributed by atoms with Crippen LogP contribution in [0.4, 0.5) is 0 Å². The molecular weight excluding hydrogens is 278 g/mol. The van der Waals surface area contributed by atoms with Crippen LogP contribution < -0.4 is 4.74 Å². The number of amides is 1. The van der Waals surface area contributed by atoms with E-state index < -0.39 is 0 Å². The highest BCUT2D eigenvalue weighted by Crippen LogP contribution is 2.28. The van der Waals surface area contributed by atoms with Crippen LogP contribution in [0, 0.1) is 0 Å². The summed E-state index contributed by atoms with van der Waals surface area (Å²) in [7, 11) is 0. The van der Waals surface area contributed by atoms with Crippen molar-refractivity contribution < 1.29 is 9.53 Å². The minimum Gasteiger partial charge on any atom is -0.490 e. The van der Waals surface area contributed by atoms with E-state index in [-0.39, 0.29) is 12.0 Å². The van der Waals surface area contributed by atoms with Crippen molar-refractivity contribution in [3.05, 3.63) is 24.4 Å². The first-order valence-electron chi connectivity index (χ1n) is 8.04. The molecule has 0 bridgehead atoms. The lowest BCUT2D eigenvalue weighted by Gasteiger charge is -2.36. The topological polar surface area (TPSA) is 58.2 Å².